The number of allylic oxidation sites excluding steroid dienone is 1. The zero-order valence-corrected chi connectivity index (χ0v) is 14.0. The molecule has 0 saturated carbocycles. The molecule has 21 heavy (non-hydrogen) atoms. The van der Waals surface area contributed by atoms with E-state index >= 15 is 0 Å². The van der Waals surface area contributed by atoms with Crippen LogP contribution in [-0.2, 0) is 14.3 Å². The van der Waals surface area contributed by atoms with Crippen molar-refractivity contribution in [1.29, 1.82) is 0 Å². The third kappa shape index (κ3) is 3.97. The number of amides is 1. The Kier molecular flexibility index (Phi) is 5.64. The standard InChI is InChI=1S/C14H18N2O3S2/c1-4-19-10(17)6-5-7-20-14-15-12(18)11-8(2)9(3)21-13(11)16-14/h11H,4-7H2,1-3H3. The average molecular weight is 326 g/mol. The predicted octanol–water partition coefficient (Wildman–Crippen LogP) is 3.01. The van der Waals surface area contributed by atoms with Gasteiger partial charge in [0, 0.05) is 12.2 Å². The van der Waals surface area contributed by atoms with Crippen LogP contribution in [0.5, 0.6) is 0 Å². The lowest BCUT2D eigenvalue weighted by molar-refractivity contribution is -0.143. The van der Waals surface area contributed by atoms with Crippen LogP contribution in [0.25, 0.3) is 0 Å². The lowest BCUT2D eigenvalue weighted by Gasteiger charge is -2.14. The molecule has 0 spiro atoms. The van der Waals surface area contributed by atoms with Crippen LogP contribution in [0.1, 0.15) is 33.6 Å². The Balaban J connectivity index is 1.84. The van der Waals surface area contributed by atoms with Gasteiger partial charge in [0.05, 0.1) is 11.7 Å². The quantitative estimate of drug-likeness (QED) is 0.574. The Morgan fingerprint density at radius 2 is 2.14 bits per heavy atom. The highest BCUT2D eigenvalue weighted by Crippen LogP contribution is 2.40. The minimum absolute atomic E-state index is 0.130. The maximum Gasteiger partial charge on any atom is 0.305 e. The highest BCUT2D eigenvalue weighted by molar-refractivity contribution is 8.18. The van der Waals surface area contributed by atoms with Crippen molar-refractivity contribution in [3.8, 4) is 0 Å². The van der Waals surface area contributed by atoms with Gasteiger partial charge in [0.25, 0.3) is 5.91 Å². The van der Waals surface area contributed by atoms with Crippen molar-refractivity contribution in [2.75, 3.05) is 12.4 Å². The van der Waals surface area contributed by atoms with Crippen LogP contribution in [0.4, 0.5) is 0 Å². The van der Waals surface area contributed by atoms with Crippen molar-refractivity contribution < 1.29 is 14.3 Å². The molecule has 0 radical (unpaired) electrons. The van der Waals surface area contributed by atoms with Crippen molar-refractivity contribution >= 4 is 45.6 Å². The minimum Gasteiger partial charge on any atom is -0.466 e. The number of amidine groups is 1. The lowest BCUT2D eigenvalue weighted by atomic mass is 10.0. The molecule has 0 bridgehead atoms. The second-order valence-electron chi connectivity index (χ2n) is 4.71. The monoisotopic (exact) mass is 326 g/mol. The van der Waals surface area contributed by atoms with Gasteiger partial charge < -0.3 is 4.74 Å². The molecular formula is C14H18N2O3S2. The molecule has 2 aliphatic rings. The van der Waals surface area contributed by atoms with Crippen molar-refractivity contribution in [3.05, 3.63) is 10.5 Å². The molecule has 0 aromatic heterocycles. The van der Waals surface area contributed by atoms with Gasteiger partial charge in [0.1, 0.15) is 5.92 Å². The molecule has 0 aromatic carbocycles. The van der Waals surface area contributed by atoms with E-state index in [1.165, 1.54) is 11.8 Å². The second-order valence-corrected chi connectivity index (χ2v) is 7.01. The van der Waals surface area contributed by atoms with Crippen molar-refractivity contribution in [2.24, 2.45) is 15.9 Å². The summed E-state index contributed by atoms with van der Waals surface area (Å²) in [6.07, 6.45) is 1.07. The van der Waals surface area contributed by atoms with E-state index in [0.29, 0.717) is 30.4 Å². The van der Waals surface area contributed by atoms with Crippen LogP contribution in [0, 0.1) is 5.92 Å². The zero-order valence-electron chi connectivity index (χ0n) is 12.3. The van der Waals surface area contributed by atoms with E-state index in [9.17, 15) is 9.59 Å². The highest BCUT2D eigenvalue weighted by Gasteiger charge is 2.36. The summed E-state index contributed by atoms with van der Waals surface area (Å²) >= 11 is 2.97. The molecule has 0 aliphatic carbocycles. The molecule has 2 rings (SSSR count). The predicted molar refractivity (Wildman–Crippen MR) is 87.7 cm³/mol. The maximum absolute atomic E-state index is 12.1. The summed E-state index contributed by atoms with van der Waals surface area (Å²) < 4.78 is 4.86. The molecule has 7 heteroatoms. The van der Waals surface area contributed by atoms with Crippen LogP contribution in [0.2, 0.25) is 0 Å². The molecule has 114 valence electrons. The molecule has 0 aromatic rings. The number of esters is 1. The fraction of sp³-hybridized carbons (Fsp3) is 0.571. The SMILES string of the molecule is CCOC(=O)CCCSC1=NC(=O)C2C(=N1)SC(C)=C2C. The Morgan fingerprint density at radius 3 is 2.86 bits per heavy atom. The van der Waals surface area contributed by atoms with Gasteiger partial charge in [0.2, 0.25) is 0 Å². The van der Waals surface area contributed by atoms with E-state index in [0.717, 1.165) is 15.5 Å². The summed E-state index contributed by atoms with van der Waals surface area (Å²) in [4.78, 5) is 32.9. The van der Waals surface area contributed by atoms with Crippen molar-refractivity contribution in [1.82, 2.24) is 0 Å². The number of carbonyl (C=O) groups excluding carboxylic acids is 2. The average Bonchev–Trinajstić information content (AvgIpc) is 2.71. The molecule has 0 saturated heterocycles. The summed E-state index contributed by atoms with van der Waals surface area (Å²) in [6, 6.07) is 0. The Bertz CT molecular complexity index is 552. The second kappa shape index (κ2) is 7.26. The van der Waals surface area contributed by atoms with Crippen molar-refractivity contribution in [3.63, 3.8) is 0 Å². The molecule has 5 nitrogen and oxygen atoms in total. The Hall–Kier alpha value is -1.08. The molecule has 0 N–H and O–H groups in total. The fourth-order valence-electron chi connectivity index (χ4n) is 2.02. The van der Waals surface area contributed by atoms with Gasteiger partial charge in [-0.15, -0.1) is 0 Å². The molecule has 1 atom stereocenters. The van der Waals surface area contributed by atoms with E-state index in [1.54, 1.807) is 18.7 Å². The van der Waals surface area contributed by atoms with Gasteiger partial charge in [-0.05, 0) is 37.7 Å². The number of hydrogen-bond acceptors (Lipinski definition) is 6. The van der Waals surface area contributed by atoms with Crippen LogP contribution < -0.4 is 0 Å². The van der Waals surface area contributed by atoms with Gasteiger partial charge in [0.15, 0.2) is 5.17 Å². The molecule has 2 aliphatic heterocycles. The Labute approximate surface area is 132 Å². The number of fused-ring (bicyclic) bond motifs is 1. The third-order valence-corrected chi connectivity index (χ3v) is 5.31. The van der Waals surface area contributed by atoms with E-state index in [1.807, 2.05) is 13.8 Å². The lowest BCUT2D eigenvalue weighted by Crippen LogP contribution is -2.24. The third-order valence-electron chi connectivity index (χ3n) is 3.21. The largest absolute Gasteiger partial charge is 0.466 e. The minimum atomic E-state index is -0.265. The number of ether oxygens (including phenoxy) is 1. The maximum atomic E-state index is 12.1. The first kappa shape index (κ1) is 16.3. The van der Waals surface area contributed by atoms with Gasteiger partial charge in [-0.25, -0.2) is 4.99 Å². The molecule has 1 unspecified atom stereocenters. The van der Waals surface area contributed by atoms with Gasteiger partial charge in [-0.2, -0.15) is 4.99 Å². The fourth-order valence-corrected chi connectivity index (χ4v) is 3.99. The van der Waals surface area contributed by atoms with E-state index < -0.39 is 0 Å². The van der Waals surface area contributed by atoms with Gasteiger partial charge >= 0.3 is 5.97 Å². The zero-order chi connectivity index (χ0) is 15.4. The summed E-state index contributed by atoms with van der Waals surface area (Å²) in [5, 5.41) is 1.34. The number of hydrogen-bond donors (Lipinski definition) is 0. The first-order valence-corrected chi connectivity index (χ1v) is 8.68. The number of carbonyl (C=O) groups is 2. The topological polar surface area (TPSA) is 68.1 Å². The smallest absolute Gasteiger partial charge is 0.305 e. The normalized spacial score (nSPS) is 21.1. The number of rotatable bonds is 5. The number of thioether (sulfide) groups is 2. The molecule has 1 amide bonds. The first-order chi connectivity index (χ1) is 10.0. The first-order valence-electron chi connectivity index (χ1n) is 6.87. The van der Waals surface area contributed by atoms with E-state index in [4.69, 9.17) is 4.74 Å². The van der Waals surface area contributed by atoms with Crippen LogP contribution in [-0.4, -0.2) is 34.4 Å². The summed E-state index contributed by atoms with van der Waals surface area (Å²) in [5.74, 6) is 0.115. The van der Waals surface area contributed by atoms with Gasteiger partial charge in [-0.1, -0.05) is 23.5 Å². The summed E-state index contributed by atoms with van der Waals surface area (Å²) in [6.45, 7) is 6.16. The number of aliphatic imine (C=N–C) groups is 2. The van der Waals surface area contributed by atoms with Crippen LogP contribution in [0.3, 0.4) is 0 Å². The number of nitrogens with zero attached hydrogens (tertiary/aromatic N) is 2. The van der Waals surface area contributed by atoms with Crippen LogP contribution in [0.15, 0.2) is 20.5 Å². The highest BCUT2D eigenvalue weighted by atomic mass is 32.2. The van der Waals surface area contributed by atoms with Crippen molar-refractivity contribution in [2.45, 2.75) is 33.6 Å². The van der Waals surface area contributed by atoms with Gasteiger partial charge in [-0.3, -0.25) is 9.59 Å². The molecular weight excluding hydrogens is 308 g/mol. The Morgan fingerprint density at radius 1 is 1.38 bits per heavy atom. The molecule has 2 heterocycles. The van der Waals surface area contributed by atoms with E-state index in [2.05, 4.69) is 9.98 Å². The molecule has 0 fully saturated rings. The summed E-state index contributed by atoms with van der Waals surface area (Å²) in [7, 11) is 0. The summed E-state index contributed by atoms with van der Waals surface area (Å²) in [5.41, 5.74) is 1.05. The van der Waals surface area contributed by atoms with E-state index in [-0.39, 0.29) is 17.8 Å². The van der Waals surface area contributed by atoms with Crippen LogP contribution >= 0.6 is 23.5 Å².